The van der Waals surface area contributed by atoms with E-state index < -0.39 is 5.82 Å². The number of pyridine rings is 1. The first-order chi connectivity index (χ1) is 22.9. The highest BCUT2D eigenvalue weighted by molar-refractivity contribution is 5.85. The molecule has 5 aromatic rings. The molecule has 1 aliphatic rings. The lowest BCUT2D eigenvalue weighted by atomic mass is 10.1. The van der Waals surface area contributed by atoms with Crippen LogP contribution in [0.3, 0.4) is 0 Å². The first-order valence-corrected chi connectivity index (χ1v) is 16.1. The minimum absolute atomic E-state index is 0.137. The molecule has 10 nitrogen and oxygen atoms in total. The normalized spacial score (nSPS) is 14.6. The molecule has 6 rings (SSSR count). The number of piperazine rings is 1. The third kappa shape index (κ3) is 7.75. The highest BCUT2D eigenvalue weighted by atomic mass is 19.1. The molecule has 0 bridgehead atoms. The van der Waals surface area contributed by atoms with Gasteiger partial charge in [-0.1, -0.05) is 49.4 Å². The second-order valence-corrected chi connectivity index (χ2v) is 11.9. The van der Waals surface area contributed by atoms with Gasteiger partial charge in [0.1, 0.15) is 11.5 Å². The van der Waals surface area contributed by atoms with Crippen LogP contribution in [0.1, 0.15) is 37.4 Å². The Balaban J connectivity index is 1.24. The van der Waals surface area contributed by atoms with Crippen molar-refractivity contribution in [2.24, 2.45) is 0 Å². The van der Waals surface area contributed by atoms with Crippen LogP contribution in [0, 0.1) is 5.82 Å². The smallest absolute Gasteiger partial charge is 0.307 e. The van der Waals surface area contributed by atoms with E-state index in [1.807, 2.05) is 72.4 Å². The standard InChI is InChI=1S/C36H41FN8O2/c1-4-43-14-16-44(17-15-43)24-29-22-39-33(20-31(29)38-21-26-8-6-5-7-9-26)41-36-40-23-30(37)35(42-36)28-11-10-27-12-13-45(32(27)19-28)25(2)18-34(46)47-3/h5-13,19-20,22-23,25H,4,14-18,21,24H2,1-3H3,(H2,38,39,40,41,42). The number of hydrogen-bond acceptors (Lipinski definition) is 9. The summed E-state index contributed by atoms with van der Waals surface area (Å²) >= 11 is 0. The molecule has 244 valence electrons. The number of hydrogen-bond donors (Lipinski definition) is 2. The van der Waals surface area contributed by atoms with Crippen LogP contribution in [0.2, 0.25) is 0 Å². The number of benzene rings is 2. The monoisotopic (exact) mass is 636 g/mol. The summed E-state index contributed by atoms with van der Waals surface area (Å²) in [4.78, 5) is 30.3. The van der Waals surface area contributed by atoms with Crippen LogP contribution >= 0.6 is 0 Å². The van der Waals surface area contributed by atoms with Gasteiger partial charge in [0.15, 0.2) is 5.82 Å². The second kappa shape index (κ2) is 14.7. The molecule has 0 amide bonds. The summed E-state index contributed by atoms with van der Waals surface area (Å²) in [5, 5.41) is 7.78. The van der Waals surface area contributed by atoms with Crippen molar-refractivity contribution in [1.82, 2.24) is 29.3 Å². The Kier molecular flexibility index (Phi) is 10.0. The Morgan fingerprint density at radius 3 is 2.55 bits per heavy atom. The molecule has 1 saturated heterocycles. The fourth-order valence-corrected chi connectivity index (χ4v) is 5.99. The number of anilines is 3. The molecule has 1 unspecified atom stereocenters. The summed E-state index contributed by atoms with van der Waals surface area (Å²) in [5.41, 5.74) is 4.89. The Bertz CT molecular complexity index is 1820. The van der Waals surface area contributed by atoms with Crippen molar-refractivity contribution in [3.8, 4) is 11.3 Å². The van der Waals surface area contributed by atoms with Gasteiger partial charge in [-0.15, -0.1) is 0 Å². The van der Waals surface area contributed by atoms with Crippen molar-refractivity contribution in [1.29, 1.82) is 0 Å². The molecular weight excluding hydrogens is 595 g/mol. The van der Waals surface area contributed by atoms with Crippen LogP contribution in [0.25, 0.3) is 22.2 Å². The molecular formula is C36H41FN8O2. The number of nitrogens with one attached hydrogen (secondary N) is 2. The maximum absolute atomic E-state index is 15.2. The van der Waals surface area contributed by atoms with E-state index in [9.17, 15) is 4.79 Å². The van der Waals surface area contributed by atoms with Gasteiger partial charge in [-0.05, 0) is 36.6 Å². The van der Waals surface area contributed by atoms with Gasteiger partial charge in [0, 0.05) is 86.1 Å². The van der Waals surface area contributed by atoms with Crippen LogP contribution in [0.15, 0.2) is 79.3 Å². The molecule has 1 fully saturated rings. The minimum Gasteiger partial charge on any atom is -0.469 e. The largest absolute Gasteiger partial charge is 0.469 e. The van der Waals surface area contributed by atoms with Crippen molar-refractivity contribution < 1.29 is 13.9 Å². The number of esters is 1. The molecule has 0 saturated carbocycles. The molecule has 2 aromatic carbocycles. The summed E-state index contributed by atoms with van der Waals surface area (Å²) in [5.74, 6) is -0.0326. The molecule has 0 spiro atoms. The average molecular weight is 637 g/mol. The lowest BCUT2D eigenvalue weighted by Gasteiger charge is -2.34. The maximum Gasteiger partial charge on any atom is 0.307 e. The van der Waals surface area contributed by atoms with Gasteiger partial charge in [-0.2, -0.15) is 0 Å². The molecule has 4 heterocycles. The Morgan fingerprint density at radius 1 is 1.00 bits per heavy atom. The Hall–Kier alpha value is -4.87. The zero-order chi connectivity index (χ0) is 32.8. The van der Waals surface area contributed by atoms with E-state index >= 15 is 4.39 Å². The van der Waals surface area contributed by atoms with E-state index in [1.165, 1.54) is 18.9 Å². The number of methoxy groups -OCH3 is 1. The third-order valence-corrected chi connectivity index (χ3v) is 8.76. The molecule has 1 aliphatic heterocycles. The van der Waals surface area contributed by atoms with Gasteiger partial charge in [-0.25, -0.2) is 19.3 Å². The quantitative estimate of drug-likeness (QED) is 0.154. The van der Waals surface area contributed by atoms with Crippen molar-refractivity contribution in [2.75, 3.05) is 50.5 Å². The summed E-state index contributed by atoms with van der Waals surface area (Å²) in [7, 11) is 1.38. The van der Waals surface area contributed by atoms with Gasteiger partial charge in [0.05, 0.1) is 19.7 Å². The van der Waals surface area contributed by atoms with Crippen LogP contribution in [-0.2, 0) is 22.6 Å². The summed E-state index contributed by atoms with van der Waals surface area (Å²) in [6.45, 7) is 10.8. The van der Waals surface area contributed by atoms with Gasteiger partial charge < -0.3 is 24.8 Å². The van der Waals surface area contributed by atoms with Crippen molar-refractivity contribution in [3.05, 3.63) is 96.2 Å². The maximum atomic E-state index is 15.2. The first-order valence-electron chi connectivity index (χ1n) is 16.1. The van der Waals surface area contributed by atoms with E-state index in [1.54, 1.807) is 0 Å². The number of fused-ring (bicyclic) bond motifs is 1. The molecule has 1 atom stereocenters. The van der Waals surface area contributed by atoms with Crippen LogP contribution in [0.5, 0.6) is 0 Å². The summed E-state index contributed by atoms with van der Waals surface area (Å²) < 4.78 is 22.0. The number of aromatic nitrogens is 4. The first kappa shape index (κ1) is 32.1. The predicted molar refractivity (Wildman–Crippen MR) is 183 cm³/mol. The lowest BCUT2D eigenvalue weighted by molar-refractivity contribution is -0.141. The summed E-state index contributed by atoms with van der Waals surface area (Å²) in [6.07, 6.45) is 5.22. The fraction of sp³-hybridized carbons (Fsp3) is 0.333. The van der Waals surface area contributed by atoms with E-state index in [-0.39, 0.29) is 30.1 Å². The van der Waals surface area contributed by atoms with E-state index in [0.29, 0.717) is 17.9 Å². The van der Waals surface area contributed by atoms with E-state index in [4.69, 9.17) is 9.72 Å². The SMILES string of the molecule is CCN1CCN(Cc2cnc(Nc3ncc(F)c(-c4ccc5ccn(C(C)CC(=O)OC)c5c4)n3)cc2NCc2ccccc2)CC1. The average Bonchev–Trinajstić information content (AvgIpc) is 3.53. The molecule has 3 aromatic heterocycles. The predicted octanol–water partition coefficient (Wildman–Crippen LogP) is 6.25. The van der Waals surface area contributed by atoms with Crippen LogP contribution in [-0.4, -0.2) is 75.1 Å². The van der Waals surface area contributed by atoms with Crippen molar-refractivity contribution in [3.63, 3.8) is 0 Å². The zero-order valence-corrected chi connectivity index (χ0v) is 27.1. The topological polar surface area (TPSA) is 100 Å². The van der Waals surface area contributed by atoms with E-state index in [2.05, 4.69) is 49.5 Å². The number of halogens is 1. The van der Waals surface area contributed by atoms with Crippen LogP contribution < -0.4 is 10.6 Å². The van der Waals surface area contributed by atoms with Crippen molar-refractivity contribution in [2.45, 2.75) is 39.4 Å². The number of carbonyl (C=O) groups is 1. The van der Waals surface area contributed by atoms with E-state index in [0.717, 1.165) is 61.4 Å². The molecule has 47 heavy (non-hydrogen) atoms. The lowest BCUT2D eigenvalue weighted by Crippen LogP contribution is -2.45. The summed E-state index contributed by atoms with van der Waals surface area (Å²) in [6, 6.07) is 19.7. The van der Waals surface area contributed by atoms with Gasteiger partial charge in [0.25, 0.3) is 0 Å². The number of ether oxygens (including phenoxy) is 1. The Morgan fingerprint density at radius 2 is 1.79 bits per heavy atom. The molecule has 0 radical (unpaired) electrons. The van der Waals surface area contributed by atoms with Gasteiger partial charge >= 0.3 is 5.97 Å². The number of nitrogens with zero attached hydrogens (tertiary/aromatic N) is 6. The third-order valence-electron chi connectivity index (χ3n) is 8.76. The second-order valence-electron chi connectivity index (χ2n) is 11.9. The fourth-order valence-electron chi connectivity index (χ4n) is 5.99. The molecule has 11 heteroatoms. The van der Waals surface area contributed by atoms with Gasteiger partial charge in [-0.3, -0.25) is 9.69 Å². The zero-order valence-electron chi connectivity index (χ0n) is 27.1. The Labute approximate surface area is 274 Å². The highest BCUT2D eigenvalue weighted by Gasteiger charge is 2.19. The molecule has 2 N–H and O–H groups in total. The highest BCUT2D eigenvalue weighted by Crippen LogP contribution is 2.30. The van der Waals surface area contributed by atoms with Crippen LogP contribution in [0.4, 0.5) is 21.8 Å². The number of rotatable bonds is 12. The molecule has 0 aliphatic carbocycles. The number of carbonyl (C=O) groups excluding carboxylic acids is 1. The minimum atomic E-state index is -0.535. The number of likely N-dealkylation sites (N-methyl/N-ethyl adjacent to an activating group) is 1. The van der Waals surface area contributed by atoms with Crippen molar-refractivity contribution >= 4 is 34.3 Å². The van der Waals surface area contributed by atoms with Gasteiger partial charge in [0.2, 0.25) is 5.95 Å².